The lowest BCUT2D eigenvalue weighted by Crippen LogP contribution is -2.02. The SMILES string of the molecule is CCNc1cccc(Oc2cncc(Br)c2)c1[N+](=O)[O-]. The molecule has 1 heterocycles. The lowest BCUT2D eigenvalue weighted by molar-refractivity contribution is -0.384. The first kappa shape index (κ1) is 14.3. The van der Waals surface area contributed by atoms with E-state index in [9.17, 15) is 10.1 Å². The van der Waals surface area contributed by atoms with Gasteiger partial charge in [0.2, 0.25) is 5.75 Å². The van der Waals surface area contributed by atoms with Crippen LogP contribution in [0.1, 0.15) is 6.92 Å². The second kappa shape index (κ2) is 6.33. The highest BCUT2D eigenvalue weighted by atomic mass is 79.9. The van der Waals surface area contributed by atoms with Crippen molar-refractivity contribution in [1.82, 2.24) is 4.98 Å². The first-order chi connectivity index (χ1) is 9.61. The van der Waals surface area contributed by atoms with Crippen LogP contribution in [0.4, 0.5) is 11.4 Å². The summed E-state index contributed by atoms with van der Waals surface area (Å²) in [6.45, 7) is 2.46. The fourth-order valence-corrected chi connectivity index (χ4v) is 2.05. The molecule has 0 spiro atoms. The largest absolute Gasteiger partial charge is 0.448 e. The van der Waals surface area contributed by atoms with E-state index in [4.69, 9.17) is 4.74 Å². The van der Waals surface area contributed by atoms with Crippen LogP contribution in [0, 0.1) is 10.1 Å². The van der Waals surface area contributed by atoms with Crippen LogP contribution in [0.2, 0.25) is 0 Å². The van der Waals surface area contributed by atoms with Crippen LogP contribution in [0.25, 0.3) is 0 Å². The Morgan fingerprint density at radius 1 is 1.45 bits per heavy atom. The molecule has 0 aliphatic rings. The van der Waals surface area contributed by atoms with Crippen molar-refractivity contribution in [2.45, 2.75) is 6.92 Å². The van der Waals surface area contributed by atoms with Crippen LogP contribution >= 0.6 is 15.9 Å². The Hall–Kier alpha value is -2.15. The summed E-state index contributed by atoms with van der Waals surface area (Å²) in [5, 5.41) is 14.2. The molecule has 2 aromatic rings. The van der Waals surface area contributed by atoms with Crippen molar-refractivity contribution in [3.05, 3.63) is 51.2 Å². The van der Waals surface area contributed by atoms with Gasteiger partial charge in [-0.1, -0.05) is 6.07 Å². The van der Waals surface area contributed by atoms with E-state index in [1.165, 1.54) is 6.20 Å². The van der Waals surface area contributed by atoms with Gasteiger partial charge < -0.3 is 10.1 Å². The Kier molecular flexibility index (Phi) is 4.52. The molecule has 1 aromatic heterocycles. The van der Waals surface area contributed by atoms with Crippen molar-refractivity contribution in [2.75, 3.05) is 11.9 Å². The summed E-state index contributed by atoms with van der Waals surface area (Å²) in [7, 11) is 0. The molecule has 2 rings (SSSR count). The summed E-state index contributed by atoms with van der Waals surface area (Å²) < 4.78 is 6.30. The average Bonchev–Trinajstić information content (AvgIpc) is 2.39. The van der Waals surface area contributed by atoms with Gasteiger partial charge >= 0.3 is 5.69 Å². The Bertz CT molecular complexity index is 634. The third-order valence-electron chi connectivity index (χ3n) is 2.46. The van der Waals surface area contributed by atoms with Gasteiger partial charge in [-0.3, -0.25) is 15.1 Å². The van der Waals surface area contributed by atoms with Gasteiger partial charge in [0.1, 0.15) is 11.4 Å². The lowest BCUT2D eigenvalue weighted by atomic mass is 10.2. The maximum Gasteiger partial charge on any atom is 0.334 e. The van der Waals surface area contributed by atoms with Gasteiger partial charge in [0.25, 0.3) is 0 Å². The summed E-state index contributed by atoms with van der Waals surface area (Å²) in [5.41, 5.74) is 0.340. The Balaban J connectivity index is 2.40. The fourth-order valence-electron chi connectivity index (χ4n) is 1.70. The van der Waals surface area contributed by atoms with Crippen molar-refractivity contribution in [3.8, 4) is 11.5 Å². The summed E-state index contributed by atoms with van der Waals surface area (Å²) in [6.07, 6.45) is 3.10. The van der Waals surface area contributed by atoms with Crippen molar-refractivity contribution >= 4 is 27.3 Å². The normalized spacial score (nSPS) is 10.1. The average molecular weight is 338 g/mol. The summed E-state index contributed by atoms with van der Waals surface area (Å²) in [5.74, 6) is 0.601. The summed E-state index contributed by atoms with van der Waals surface area (Å²) in [4.78, 5) is 14.7. The molecule has 7 heteroatoms. The van der Waals surface area contributed by atoms with Gasteiger partial charge in [-0.05, 0) is 41.1 Å². The predicted molar refractivity (Wildman–Crippen MR) is 79.3 cm³/mol. The van der Waals surface area contributed by atoms with Gasteiger partial charge in [0.05, 0.1) is 11.1 Å². The molecule has 0 saturated carbocycles. The van der Waals surface area contributed by atoms with Crippen LogP contribution in [-0.2, 0) is 0 Å². The first-order valence-corrected chi connectivity index (χ1v) is 6.70. The van der Waals surface area contributed by atoms with E-state index in [1.807, 2.05) is 6.92 Å². The number of pyridine rings is 1. The standard InChI is InChI=1S/C13H12BrN3O3/c1-2-16-11-4-3-5-12(13(11)17(18)19)20-10-6-9(14)7-15-8-10/h3-8,16H,2H2,1H3. The van der Waals surface area contributed by atoms with Crippen LogP contribution in [0.3, 0.4) is 0 Å². The van der Waals surface area contributed by atoms with E-state index in [0.29, 0.717) is 18.0 Å². The van der Waals surface area contributed by atoms with E-state index in [0.717, 1.165) is 4.47 Å². The van der Waals surface area contributed by atoms with Crippen molar-refractivity contribution in [3.63, 3.8) is 0 Å². The molecule has 0 atom stereocenters. The van der Waals surface area contributed by atoms with Gasteiger partial charge in [-0.25, -0.2) is 0 Å². The number of nitrogens with zero attached hydrogens (tertiary/aromatic N) is 2. The number of benzene rings is 1. The van der Waals surface area contributed by atoms with Crippen molar-refractivity contribution in [2.24, 2.45) is 0 Å². The highest BCUT2D eigenvalue weighted by molar-refractivity contribution is 9.10. The molecule has 1 aromatic carbocycles. The number of halogens is 1. The second-order valence-corrected chi connectivity index (χ2v) is 4.80. The number of anilines is 1. The first-order valence-electron chi connectivity index (χ1n) is 5.91. The highest BCUT2D eigenvalue weighted by Gasteiger charge is 2.21. The third kappa shape index (κ3) is 3.24. The van der Waals surface area contributed by atoms with Crippen LogP contribution in [-0.4, -0.2) is 16.5 Å². The maximum absolute atomic E-state index is 11.2. The summed E-state index contributed by atoms with van der Waals surface area (Å²) >= 11 is 3.27. The Morgan fingerprint density at radius 3 is 2.90 bits per heavy atom. The Labute approximate surface area is 124 Å². The quantitative estimate of drug-likeness (QED) is 0.659. The van der Waals surface area contributed by atoms with Crippen LogP contribution in [0.5, 0.6) is 11.5 Å². The molecule has 1 N–H and O–H groups in total. The molecule has 0 aliphatic heterocycles. The molecule has 0 bridgehead atoms. The minimum atomic E-state index is -0.460. The molecule has 0 amide bonds. The number of aromatic nitrogens is 1. The molecule has 0 fully saturated rings. The topological polar surface area (TPSA) is 77.3 Å². The number of nitro benzene ring substituents is 1. The monoisotopic (exact) mass is 337 g/mol. The molecule has 0 unspecified atom stereocenters. The number of para-hydroxylation sites is 1. The molecule has 6 nitrogen and oxygen atoms in total. The Morgan fingerprint density at radius 2 is 2.25 bits per heavy atom. The van der Waals surface area contributed by atoms with E-state index in [-0.39, 0.29) is 11.4 Å². The number of rotatable bonds is 5. The molecule has 0 aliphatic carbocycles. The number of hydrogen-bond donors (Lipinski definition) is 1. The third-order valence-corrected chi connectivity index (χ3v) is 2.89. The molecule has 0 saturated heterocycles. The van der Waals surface area contributed by atoms with E-state index in [1.54, 1.807) is 30.5 Å². The number of hydrogen-bond acceptors (Lipinski definition) is 5. The van der Waals surface area contributed by atoms with Crippen LogP contribution < -0.4 is 10.1 Å². The maximum atomic E-state index is 11.2. The number of nitro groups is 1. The highest BCUT2D eigenvalue weighted by Crippen LogP contribution is 2.37. The molecular weight excluding hydrogens is 326 g/mol. The van der Waals surface area contributed by atoms with E-state index < -0.39 is 4.92 Å². The number of ether oxygens (including phenoxy) is 1. The predicted octanol–water partition coefficient (Wildman–Crippen LogP) is 3.98. The minimum absolute atomic E-state index is 0.0886. The molecular formula is C13H12BrN3O3. The van der Waals surface area contributed by atoms with Crippen LogP contribution in [0.15, 0.2) is 41.1 Å². The summed E-state index contributed by atoms with van der Waals surface area (Å²) in [6, 6.07) is 6.59. The van der Waals surface area contributed by atoms with Crippen molar-refractivity contribution in [1.29, 1.82) is 0 Å². The molecule has 104 valence electrons. The van der Waals surface area contributed by atoms with Crippen molar-refractivity contribution < 1.29 is 9.66 Å². The minimum Gasteiger partial charge on any atom is -0.448 e. The van der Waals surface area contributed by atoms with Gasteiger partial charge in [-0.15, -0.1) is 0 Å². The fraction of sp³-hybridized carbons (Fsp3) is 0.154. The van der Waals surface area contributed by atoms with E-state index in [2.05, 4.69) is 26.2 Å². The zero-order valence-electron chi connectivity index (χ0n) is 10.7. The van der Waals surface area contributed by atoms with Gasteiger partial charge in [-0.2, -0.15) is 0 Å². The second-order valence-electron chi connectivity index (χ2n) is 3.88. The van der Waals surface area contributed by atoms with E-state index >= 15 is 0 Å². The van der Waals surface area contributed by atoms with Gasteiger partial charge in [0.15, 0.2) is 0 Å². The van der Waals surface area contributed by atoms with Gasteiger partial charge in [0, 0.05) is 17.2 Å². The molecule has 20 heavy (non-hydrogen) atoms. The molecule has 0 radical (unpaired) electrons. The smallest absolute Gasteiger partial charge is 0.334 e. The zero-order valence-corrected chi connectivity index (χ0v) is 12.3. The lowest BCUT2D eigenvalue weighted by Gasteiger charge is -2.10. The number of nitrogens with one attached hydrogen (secondary N) is 1. The zero-order chi connectivity index (χ0) is 14.5.